The fraction of sp³-hybridized carbons (Fsp3) is 0.375. The highest BCUT2D eigenvalue weighted by molar-refractivity contribution is 7.92. The molecule has 1 aromatic rings. The van der Waals surface area contributed by atoms with Crippen molar-refractivity contribution < 1.29 is 27.9 Å². The van der Waals surface area contributed by atoms with Crippen LogP contribution in [0.15, 0.2) is 30.4 Å². The third-order valence-electron chi connectivity index (χ3n) is 3.85. The van der Waals surface area contributed by atoms with E-state index < -0.39 is 33.7 Å². The van der Waals surface area contributed by atoms with Crippen molar-refractivity contribution in [2.75, 3.05) is 23.4 Å². The number of nitrogens with one attached hydrogen (secondary N) is 2. The number of hydrogen-bond donors (Lipinski definition) is 3. The van der Waals surface area contributed by atoms with Crippen LogP contribution in [0.25, 0.3) is 0 Å². The number of amides is 1. The van der Waals surface area contributed by atoms with E-state index >= 15 is 0 Å². The summed E-state index contributed by atoms with van der Waals surface area (Å²) in [5.74, 6) is -2.61. The molecule has 0 aromatic heterocycles. The summed E-state index contributed by atoms with van der Waals surface area (Å²) in [4.78, 5) is 23.8. The van der Waals surface area contributed by atoms with Gasteiger partial charge in [-0.3, -0.25) is 14.3 Å². The first kappa shape index (κ1) is 18.8. The number of rotatable bonds is 6. The van der Waals surface area contributed by atoms with Crippen LogP contribution in [0.5, 0.6) is 5.75 Å². The Kier molecular flexibility index (Phi) is 5.68. The molecule has 0 heterocycles. The second-order valence-electron chi connectivity index (χ2n) is 5.77. The number of benzene rings is 1. The van der Waals surface area contributed by atoms with E-state index in [9.17, 15) is 23.1 Å². The lowest BCUT2D eigenvalue weighted by Gasteiger charge is -2.24. The molecule has 1 amide bonds. The molecule has 2 unspecified atom stereocenters. The van der Waals surface area contributed by atoms with Gasteiger partial charge in [-0.2, -0.15) is 0 Å². The number of anilines is 2. The Hall–Kier alpha value is -2.55. The van der Waals surface area contributed by atoms with Gasteiger partial charge in [0.1, 0.15) is 5.75 Å². The molecule has 0 saturated heterocycles. The zero-order chi connectivity index (χ0) is 18.6. The minimum atomic E-state index is -3.53. The first-order chi connectivity index (χ1) is 11.7. The van der Waals surface area contributed by atoms with Crippen LogP contribution < -0.4 is 14.8 Å². The summed E-state index contributed by atoms with van der Waals surface area (Å²) in [7, 11) is -2.13. The van der Waals surface area contributed by atoms with E-state index in [-0.39, 0.29) is 5.69 Å². The molecule has 0 aliphatic heterocycles. The summed E-state index contributed by atoms with van der Waals surface area (Å²) >= 11 is 0. The third kappa shape index (κ3) is 4.96. The van der Waals surface area contributed by atoms with Gasteiger partial charge in [0.05, 0.1) is 30.9 Å². The molecule has 136 valence electrons. The number of methoxy groups -OCH3 is 1. The number of carboxylic acids is 1. The number of carboxylic acid groups (broad SMARTS) is 1. The SMILES string of the molecule is COc1ccc(NC(=O)C2CC=CCC2C(=O)O)cc1NS(C)(=O)=O. The molecule has 0 fully saturated rings. The summed E-state index contributed by atoms with van der Waals surface area (Å²) in [6, 6.07) is 4.49. The van der Waals surface area contributed by atoms with Crippen LogP contribution in [0.1, 0.15) is 12.8 Å². The Labute approximate surface area is 145 Å². The van der Waals surface area contributed by atoms with Crippen molar-refractivity contribution in [3.63, 3.8) is 0 Å². The van der Waals surface area contributed by atoms with Crippen LogP contribution in [0.4, 0.5) is 11.4 Å². The third-order valence-corrected chi connectivity index (χ3v) is 4.44. The van der Waals surface area contributed by atoms with Crippen LogP contribution in [-0.2, 0) is 19.6 Å². The van der Waals surface area contributed by atoms with Gasteiger partial charge in [-0.25, -0.2) is 8.42 Å². The standard InChI is InChI=1S/C16H20N2O6S/c1-24-14-8-7-10(9-13(14)18-25(2,22)23)17-15(19)11-5-3-4-6-12(11)16(20)21/h3-4,7-9,11-12,18H,5-6H2,1-2H3,(H,17,19)(H,20,21). The van der Waals surface area contributed by atoms with E-state index in [1.807, 2.05) is 0 Å². The van der Waals surface area contributed by atoms with Gasteiger partial charge in [-0.1, -0.05) is 12.2 Å². The van der Waals surface area contributed by atoms with Crippen molar-refractivity contribution in [1.82, 2.24) is 0 Å². The van der Waals surface area contributed by atoms with E-state index in [0.717, 1.165) is 6.26 Å². The van der Waals surface area contributed by atoms with Gasteiger partial charge >= 0.3 is 5.97 Å². The first-order valence-corrected chi connectivity index (χ1v) is 9.45. The monoisotopic (exact) mass is 368 g/mol. The Balaban J connectivity index is 2.21. The number of carbonyl (C=O) groups is 2. The maximum absolute atomic E-state index is 12.5. The number of hydrogen-bond acceptors (Lipinski definition) is 5. The average molecular weight is 368 g/mol. The molecule has 1 aliphatic carbocycles. The van der Waals surface area contributed by atoms with Crippen molar-refractivity contribution in [3.8, 4) is 5.75 Å². The molecular weight excluding hydrogens is 348 g/mol. The van der Waals surface area contributed by atoms with Gasteiger partial charge in [0, 0.05) is 5.69 Å². The second-order valence-corrected chi connectivity index (χ2v) is 7.52. The number of aliphatic carboxylic acids is 1. The molecule has 1 aliphatic rings. The highest BCUT2D eigenvalue weighted by Gasteiger charge is 2.34. The summed E-state index contributed by atoms with van der Waals surface area (Å²) in [6.07, 6.45) is 5.19. The predicted molar refractivity (Wildman–Crippen MR) is 93.1 cm³/mol. The normalized spacial score (nSPS) is 19.9. The van der Waals surface area contributed by atoms with E-state index in [0.29, 0.717) is 24.3 Å². The van der Waals surface area contributed by atoms with Crippen molar-refractivity contribution in [3.05, 3.63) is 30.4 Å². The Morgan fingerprint density at radius 3 is 2.40 bits per heavy atom. The van der Waals surface area contributed by atoms with Crippen LogP contribution in [0.3, 0.4) is 0 Å². The minimum Gasteiger partial charge on any atom is -0.495 e. The average Bonchev–Trinajstić information content (AvgIpc) is 2.53. The molecule has 9 heteroatoms. The molecule has 0 radical (unpaired) electrons. The molecule has 25 heavy (non-hydrogen) atoms. The zero-order valence-electron chi connectivity index (χ0n) is 13.9. The molecule has 0 saturated carbocycles. The predicted octanol–water partition coefficient (Wildman–Crippen LogP) is 1.67. The van der Waals surface area contributed by atoms with E-state index in [2.05, 4.69) is 10.0 Å². The van der Waals surface area contributed by atoms with Crippen molar-refractivity contribution in [2.24, 2.45) is 11.8 Å². The second kappa shape index (κ2) is 7.56. The smallest absolute Gasteiger partial charge is 0.307 e. The van der Waals surface area contributed by atoms with Gasteiger partial charge in [0.2, 0.25) is 15.9 Å². The molecule has 2 atom stereocenters. The Bertz CT molecular complexity index is 803. The van der Waals surface area contributed by atoms with Gasteiger partial charge in [-0.15, -0.1) is 0 Å². The summed E-state index contributed by atoms with van der Waals surface area (Å²) in [5.41, 5.74) is 0.525. The van der Waals surface area contributed by atoms with Gasteiger partial charge < -0.3 is 15.2 Å². The van der Waals surface area contributed by atoms with E-state index in [1.54, 1.807) is 18.2 Å². The lowest BCUT2D eigenvalue weighted by molar-refractivity contribution is -0.146. The van der Waals surface area contributed by atoms with Crippen molar-refractivity contribution in [1.29, 1.82) is 0 Å². The van der Waals surface area contributed by atoms with E-state index in [1.165, 1.54) is 19.2 Å². The number of carbonyl (C=O) groups excluding carboxylic acids is 1. The molecule has 2 rings (SSSR count). The van der Waals surface area contributed by atoms with Crippen LogP contribution in [0.2, 0.25) is 0 Å². The fourth-order valence-corrected chi connectivity index (χ4v) is 3.24. The number of ether oxygens (including phenoxy) is 1. The Morgan fingerprint density at radius 1 is 1.20 bits per heavy atom. The zero-order valence-corrected chi connectivity index (χ0v) is 14.7. The summed E-state index contributed by atoms with van der Waals surface area (Å²) < 4.78 is 30.3. The van der Waals surface area contributed by atoms with Crippen LogP contribution >= 0.6 is 0 Å². The van der Waals surface area contributed by atoms with Crippen molar-refractivity contribution in [2.45, 2.75) is 12.8 Å². The fourth-order valence-electron chi connectivity index (χ4n) is 2.68. The molecule has 1 aromatic carbocycles. The lowest BCUT2D eigenvalue weighted by Crippen LogP contribution is -2.34. The largest absolute Gasteiger partial charge is 0.495 e. The highest BCUT2D eigenvalue weighted by atomic mass is 32.2. The van der Waals surface area contributed by atoms with Gasteiger partial charge in [-0.05, 0) is 31.0 Å². The van der Waals surface area contributed by atoms with E-state index in [4.69, 9.17) is 4.74 Å². The molecule has 3 N–H and O–H groups in total. The molecule has 0 bridgehead atoms. The molecular formula is C16H20N2O6S. The number of sulfonamides is 1. The maximum atomic E-state index is 12.5. The first-order valence-electron chi connectivity index (χ1n) is 7.55. The quantitative estimate of drug-likeness (QED) is 0.657. The summed E-state index contributed by atoms with van der Waals surface area (Å²) in [5, 5.41) is 11.9. The minimum absolute atomic E-state index is 0.182. The maximum Gasteiger partial charge on any atom is 0.307 e. The van der Waals surface area contributed by atoms with Crippen molar-refractivity contribution >= 4 is 33.3 Å². The molecule has 0 spiro atoms. The van der Waals surface area contributed by atoms with Crippen LogP contribution in [-0.4, -0.2) is 38.8 Å². The number of allylic oxidation sites excluding steroid dienone is 2. The summed E-state index contributed by atoms with van der Waals surface area (Å²) in [6.45, 7) is 0. The van der Waals surface area contributed by atoms with Crippen LogP contribution in [0, 0.1) is 11.8 Å². The Morgan fingerprint density at radius 2 is 1.84 bits per heavy atom. The topological polar surface area (TPSA) is 122 Å². The molecule has 8 nitrogen and oxygen atoms in total. The lowest BCUT2D eigenvalue weighted by atomic mass is 9.82. The van der Waals surface area contributed by atoms with Gasteiger partial charge in [0.25, 0.3) is 0 Å². The van der Waals surface area contributed by atoms with Gasteiger partial charge in [0.15, 0.2) is 0 Å². The highest BCUT2D eigenvalue weighted by Crippen LogP contribution is 2.31.